The fraction of sp³-hybridized carbons (Fsp3) is 0.429. The zero-order valence-corrected chi connectivity index (χ0v) is 12.6. The first kappa shape index (κ1) is 16.3. The first-order valence-corrected chi connectivity index (χ1v) is 6.42. The molecule has 0 aliphatic rings. The number of halogens is 1. The van der Waals surface area contributed by atoms with Gasteiger partial charge in [0, 0.05) is 10.6 Å². The van der Waals surface area contributed by atoms with Crippen molar-refractivity contribution in [1.82, 2.24) is 5.32 Å². The normalized spacial score (nSPS) is 14.2. The minimum Gasteiger partial charge on any atom is -0.508 e. The summed E-state index contributed by atoms with van der Waals surface area (Å²) in [5.41, 5.74) is -1.85. The number of phenols is 1. The summed E-state index contributed by atoms with van der Waals surface area (Å²) in [4.78, 5) is 23.1. The number of aromatic hydroxyl groups is 1. The summed E-state index contributed by atoms with van der Waals surface area (Å²) in [6.45, 7) is 6.60. The molecular weight excluding hydrogens is 282 g/mol. The highest BCUT2D eigenvalue weighted by Gasteiger charge is 2.32. The van der Waals surface area contributed by atoms with Crippen LogP contribution in [0.2, 0.25) is 5.02 Å². The van der Waals surface area contributed by atoms with Crippen LogP contribution in [-0.4, -0.2) is 23.1 Å². The summed E-state index contributed by atoms with van der Waals surface area (Å²) < 4.78 is 5.10. The van der Waals surface area contributed by atoms with Crippen LogP contribution in [0, 0.1) is 0 Å². The predicted octanol–water partition coefficient (Wildman–Crippen LogP) is 2.98. The molecule has 0 aliphatic heterocycles. The highest BCUT2D eigenvalue weighted by Crippen LogP contribution is 2.30. The van der Waals surface area contributed by atoms with Crippen molar-refractivity contribution < 1.29 is 19.4 Å². The molecule has 6 heteroatoms. The number of alkyl carbamates (subject to hydrolysis) is 1. The van der Waals surface area contributed by atoms with E-state index in [1.165, 1.54) is 25.1 Å². The van der Waals surface area contributed by atoms with Crippen molar-refractivity contribution in [1.29, 1.82) is 0 Å². The zero-order valence-electron chi connectivity index (χ0n) is 11.9. The van der Waals surface area contributed by atoms with Crippen molar-refractivity contribution in [2.24, 2.45) is 0 Å². The molecule has 20 heavy (non-hydrogen) atoms. The standard InChI is InChI=1S/C14H18ClNO4/c1-13(2,3)20-12(19)16-14(4,8-17)10-6-5-9(15)7-11(10)18/h5-8,18H,1-4H3,(H,16,19). The Morgan fingerprint density at radius 3 is 2.40 bits per heavy atom. The number of amides is 1. The minimum atomic E-state index is -1.41. The van der Waals surface area contributed by atoms with E-state index in [1.54, 1.807) is 20.8 Å². The van der Waals surface area contributed by atoms with Gasteiger partial charge in [-0.25, -0.2) is 4.79 Å². The van der Waals surface area contributed by atoms with Gasteiger partial charge in [0.25, 0.3) is 0 Å². The second-order valence-corrected chi connectivity index (χ2v) is 6.05. The van der Waals surface area contributed by atoms with E-state index in [4.69, 9.17) is 16.3 Å². The molecule has 0 bridgehead atoms. The number of nitrogens with one attached hydrogen (secondary N) is 1. The van der Waals surface area contributed by atoms with E-state index >= 15 is 0 Å². The van der Waals surface area contributed by atoms with Crippen LogP contribution in [0.25, 0.3) is 0 Å². The van der Waals surface area contributed by atoms with E-state index in [0.717, 1.165) is 0 Å². The lowest BCUT2D eigenvalue weighted by atomic mass is 9.93. The molecule has 0 saturated carbocycles. The van der Waals surface area contributed by atoms with Crippen molar-refractivity contribution in [2.75, 3.05) is 0 Å². The number of aldehydes is 1. The fourth-order valence-corrected chi connectivity index (χ4v) is 1.79. The number of hydrogen-bond donors (Lipinski definition) is 2. The summed E-state index contributed by atoms with van der Waals surface area (Å²) >= 11 is 5.74. The number of benzene rings is 1. The molecule has 1 aromatic rings. The first-order valence-electron chi connectivity index (χ1n) is 6.04. The third kappa shape index (κ3) is 4.13. The van der Waals surface area contributed by atoms with Gasteiger partial charge in [-0.15, -0.1) is 0 Å². The van der Waals surface area contributed by atoms with Gasteiger partial charge in [0.2, 0.25) is 0 Å². The molecule has 0 spiro atoms. The van der Waals surface area contributed by atoms with Crippen LogP contribution in [0.15, 0.2) is 18.2 Å². The van der Waals surface area contributed by atoms with E-state index in [2.05, 4.69) is 5.32 Å². The van der Waals surface area contributed by atoms with E-state index < -0.39 is 17.2 Å². The molecule has 1 aromatic carbocycles. The SMILES string of the molecule is CC(C)(C)OC(=O)NC(C)(C=O)c1ccc(Cl)cc1O. The monoisotopic (exact) mass is 299 g/mol. The molecule has 1 unspecified atom stereocenters. The van der Waals surface area contributed by atoms with Crippen LogP contribution in [-0.2, 0) is 15.1 Å². The van der Waals surface area contributed by atoms with Gasteiger partial charge in [0.05, 0.1) is 0 Å². The lowest BCUT2D eigenvalue weighted by molar-refractivity contribution is -0.113. The number of carbonyl (C=O) groups is 2. The molecule has 1 rings (SSSR count). The van der Waals surface area contributed by atoms with Crippen molar-refractivity contribution in [2.45, 2.75) is 38.8 Å². The Labute approximate surface area is 122 Å². The van der Waals surface area contributed by atoms with Crippen molar-refractivity contribution in [3.05, 3.63) is 28.8 Å². The summed E-state index contributed by atoms with van der Waals surface area (Å²) in [6, 6.07) is 4.30. The van der Waals surface area contributed by atoms with E-state index in [1.807, 2.05) is 0 Å². The van der Waals surface area contributed by atoms with Gasteiger partial charge in [0.15, 0.2) is 0 Å². The number of ether oxygens (including phenoxy) is 1. The maximum Gasteiger partial charge on any atom is 0.408 e. The molecule has 2 N–H and O–H groups in total. The van der Waals surface area contributed by atoms with Crippen LogP contribution < -0.4 is 5.32 Å². The van der Waals surface area contributed by atoms with E-state index in [0.29, 0.717) is 11.3 Å². The lowest BCUT2D eigenvalue weighted by Gasteiger charge is -2.28. The molecule has 0 radical (unpaired) electrons. The largest absolute Gasteiger partial charge is 0.508 e. The van der Waals surface area contributed by atoms with Gasteiger partial charge in [-0.1, -0.05) is 17.7 Å². The maximum absolute atomic E-state index is 11.8. The Hall–Kier alpha value is -1.75. The van der Waals surface area contributed by atoms with Gasteiger partial charge < -0.3 is 20.0 Å². The second-order valence-electron chi connectivity index (χ2n) is 5.61. The Morgan fingerprint density at radius 2 is 1.95 bits per heavy atom. The van der Waals surface area contributed by atoms with Crippen LogP contribution in [0.4, 0.5) is 4.79 Å². The quantitative estimate of drug-likeness (QED) is 0.841. The summed E-state index contributed by atoms with van der Waals surface area (Å²) in [5, 5.41) is 12.6. The molecular formula is C14H18ClNO4. The number of rotatable bonds is 3. The number of hydrogen-bond acceptors (Lipinski definition) is 4. The lowest BCUT2D eigenvalue weighted by Crippen LogP contribution is -2.46. The van der Waals surface area contributed by atoms with Gasteiger partial charge >= 0.3 is 6.09 Å². The van der Waals surface area contributed by atoms with E-state index in [9.17, 15) is 14.7 Å². The van der Waals surface area contributed by atoms with Crippen LogP contribution in [0.1, 0.15) is 33.3 Å². The summed E-state index contributed by atoms with van der Waals surface area (Å²) in [5.74, 6) is -0.178. The molecule has 110 valence electrons. The highest BCUT2D eigenvalue weighted by atomic mass is 35.5. The molecule has 0 fully saturated rings. The predicted molar refractivity (Wildman–Crippen MR) is 75.9 cm³/mol. The average molecular weight is 300 g/mol. The third-order valence-electron chi connectivity index (χ3n) is 2.52. The molecule has 0 heterocycles. The first-order chi connectivity index (χ1) is 9.07. The number of carbonyl (C=O) groups excluding carboxylic acids is 2. The van der Waals surface area contributed by atoms with E-state index in [-0.39, 0.29) is 11.3 Å². The van der Waals surface area contributed by atoms with Gasteiger partial charge in [-0.2, -0.15) is 0 Å². The molecule has 1 atom stereocenters. The number of phenolic OH excluding ortho intramolecular Hbond substituents is 1. The van der Waals surface area contributed by atoms with Gasteiger partial charge in [-0.05, 0) is 39.8 Å². The Morgan fingerprint density at radius 1 is 1.35 bits per heavy atom. The highest BCUT2D eigenvalue weighted by molar-refractivity contribution is 6.30. The zero-order chi connectivity index (χ0) is 15.6. The molecule has 0 aromatic heterocycles. The topological polar surface area (TPSA) is 75.6 Å². The maximum atomic E-state index is 11.8. The average Bonchev–Trinajstić information content (AvgIpc) is 2.25. The molecule has 0 saturated heterocycles. The van der Waals surface area contributed by atoms with Gasteiger partial charge in [-0.3, -0.25) is 0 Å². The molecule has 5 nitrogen and oxygen atoms in total. The summed E-state index contributed by atoms with van der Waals surface area (Å²) in [6.07, 6.45) is -0.221. The Bertz CT molecular complexity index is 524. The van der Waals surface area contributed by atoms with Crippen LogP contribution >= 0.6 is 11.6 Å². The molecule has 1 amide bonds. The van der Waals surface area contributed by atoms with Crippen molar-refractivity contribution >= 4 is 24.0 Å². The van der Waals surface area contributed by atoms with Gasteiger partial charge in [0.1, 0.15) is 23.2 Å². The summed E-state index contributed by atoms with van der Waals surface area (Å²) in [7, 11) is 0. The second kappa shape index (κ2) is 5.71. The smallest absolute Gasteiger partial charge is 0.408 e. The van der Waals surface area contributed by atoms with Crippen molar-refractivity contribution in [3.63, 3.8) is 0 Å². The van der Waals surface area contributed by atoms with Crippen LogP contribution in [0.3, 0.4) is 0 Å². The Balaban J connectivity index is 3.03. The minimum absolute atomic E-state index is 0.178. The molecule has 0 aliphatic carbocycles. The fourth-order valence-electron chi connectivity index (χ4n) is 1.62. The van der Waals surface area contributed by atoms with Crippen LogP contribution in [0.5, 0.6) is 5.75 Å². The Kier molecular flexibility index (Phi) is 4.65. The van der Waals surface area contributed by atoms with Crippen molar-refractivity contribution in [3.8, 4) is 5.75 Å². The third-order valence-corrected chi connectivity index (χ3v) is 2.75.